The molecule has 0 atom stereocenters. The van der Waals surface area contributed by atoms with Gasteiger partial charge in [0.15, 0.2) is 5.75 Å². The fraction of sp³-hybridized carbons (Fsp3) is 0.200. The topological polar surface area (TPSA) is 53.4 Å². The standard InChI is InChI=1S/C20H15F3N2O2/c21-20(22,23)14-7-5-12-4-2-10-25(16(12)11-14)19(27)15-8-6-13-3-1-9-24-17(13)18(15)26/h1,3,5-9,11,26H,2,4,10H2. The highest BCUT2D eigenvalue weighted by molar-refractivity contribution is 6.11. The first-order chi connectivity index (χ1) is 12.9. The van der Waals surface area contributed by atoms with Gasteiger partial charge in [0.05, 0.1) is 11.1 Å². The van der Waals surface area contributed by atoms with Gasteiger partial charge in [-0.2, -0.15) is 13.2 Å². The Morgan fingerprint density at radius 3 is 2.74 bits per heavy atom. The van der Waals surface area contributed by atoms with Crippen LogP contribution in [0.3, 0.4) is 0 Å². The number of aromatic hydroxyl groups is 1. The lowest BCUT2D eigenvalue weighted by atomic mass is 9.98. The molecule has 2 aromatic carbocycles. The van der Waals surface area contributed by atoms with Gasteiger partial charge >= 0.3 is 6.18 Å². The van der Waals surface area contributed by atoms with Crippen LogP contribution in [-0.2, 0) is 12.6 Å². The Bertz CT molecular complexity index is 1050. The molecule has 1 aliphatic heterocycles. The number of fused-ring (bicyclic) bond motifs is 2. The number of halogens is 3. The Balaban J connectivity index is 1.79. The van der Waals surface area contributed by atoms with Crippen LogP contribution in [0.2, 0.25) is 0 Å². The second-order valence-electron chi connectivity index (χ2n) is 6.44. The van der Waals surface area contributed by atoms with E-state index in [2.05, 4.69) is 4.98 Å². The summed E-state index contributed by atoms with van der Waals surface area (Å²) in [6.45, 7) is 0.285. The van der Waals surface area contributed by atoms with E-state index in [9.17, 15) is 23.1 Å². The third kappa shape index (κ3) is 2.99. The molecule has 1 aliphatic rings. The molecule has 7 heteroatoms. The molecular formula is C20H15F3N2O2. The van der Waals surface area contributed by atoms with Crippen LogP contribution >= 0.6 is 0 Å². The third-order valence-electron chi connectivity index (χ3n) is 4.75. The summed E-state index contributed by atoms with van der Waals surface area (Å²) in [5.74, 6) is -0.808. The molecule has 0 saturated heterocycles. The molecule has 3 aromatic rings. The highest BCUT2D eigenvalue weighted by Gasteiger charge is 2.33. The number of pyridine rings is 1. The van der Waals surface area contributed by atoms with Gasteiger partial charge in [0.25, 0.3) is 5.91 Å². The van der Waals surface area contributed by atoms with E-state index in [1.165, 1.54) is 23.2 Å². The predicted octanol–water partition coefficient (Wildman–Crippen LogP) is 4.55. The third-order valence-corrected chi connectivity index (χ3v) is 4.75. The van der Waals surface area contributed by atoms with E-state index in [1.807, 2.05) is 0 Å². The largest absolute Gasteiger partial charge is 0.505 e. The fourth-order valence-corrected chi connectivity index (χ4v) is 3.41. The van der Waals surface area contributed by atoms with Crippen LogP contribution in [0.1, 0.15) is 27.9 Å². The number of aryl methyl sites for hydroxylation is 1. The number of amides is 1. The molecule has 1 N–H and O–H groups in total. The summed E-state index contributed by atoms with van der Waals surface area (Å²) in [7, 11) is 0. The highest BCUT2D eigenvalue weighted by Crippen LogP contribution is 2.37. The van der Waals surface area contributed by atoms with Gasteiger partial charge in [-0.1, -0.05) is 18.2 Å². The van der Waals surface area contributed by atoms with Gasteiger partial charge in [0.1, 0.15) is 5.52 Å². The number of nitrogens with zero attached hydrogens (tertiary/aromatic N) is 2. The lowest BCUT2D eigenvalue weighted by Gasteiger charge is -2.30. The molecular weight excluding hydrogens is 357 g/mol. The molecule has 4 rings (SSSR count). The normalized spacial score (nSPS) is 14.3. The van der Waals surface area contributed by atoms with E-state index in [1.54, 1.807) is 18.2 Å². The minimum Gasteiger partial charge on any atom is -0.505 e. The minimum absolute atomic E-state index is 0.0199. The molecule has 0 saturated carbocycles. The van der Waals surface area contributed by atoms with Crippen LogP contribution in [0.4, 0.5) is 18.9 Å². The van der Waals surface area contributed by atoms with Crippen molar-refractivity contribution >= 4 is 22.5 Å². The number of benzene rings is 2. The summed E-state index contributed by atoms with van der Waals surface area (Å²) in [6, 6.07) is 10.0. The molecule has 0 bridgehead atoms. The van der Waals surface area contributed by atoms with Crippen molar-refractivity contribution in [2.45, 2.75) is 19.0 Å². The van der Waals surface area contributed by atoms with Crippen molar-refractivity contribution < 1.29 is 23.1 Å². The van der Waals surface area contributed by atoms with E-state index in [0.29, 0.717) is 23.8 Å². The Hall–Kier alpha value is -3.09. The second-order valence-corrected chi connectivity index (χ2v) is 6.44. The quantitative estimate of drug-likeness (QED) is 0.682. The van der Waals surface area contributed by atoms with Gasteiger partial charge in [-0.3, -0.25) is 9.78 Å². The smallest absolute Gasteiger partial charge is 0.416 e. The van der Waals surface area contributed by atoms with E-state index in [4.69, 9.17) is 0 Å². The molecule has 0 radical (unpaired) electrons. The number of hydrogen-bond acceptors (Lipinski definition) is 3. The molecule has 2 heterocycles. The summed E-state index contributed by atoms with van der Waals surface area (Å²) >= 11 is 0. The van der Waals surface area contributed by atoms with E-state index < -0.39 is 17.6 Å². The van der Waals surface area contributed by atoms with Crippen LogP contribution < -0.4 is 4.90 Å². The van der Waals surface area contributed by atoms with Gasteiger partial charge in [-0.15, -0.1) is 0 Å². The Kier molecular flexibility index (Phi) is 4.02. The zero-order valence-corrected chi connectivity index (χ0v) is 14.1. The summed E-state index contributed by atoms with van der Waals surface area (Å²) in [5, 5.41) is 11.2. The molecule has 0 spiro atoms. The van der Waals surface area contributed by atoms with Crippen LogP contribution in [0.15, 0.2) is 48.7 Å². The molecule has 1 aromatic heterocycles. The average molecular weight is 372 g/mol. The van der Waals surface area contributed by atoms with E-state index in [0.717, 1.165) is 12.1 Å². The Labute approximate surface area is 152 Å². The number of anilines is 1. The Morgan fingerprint density at radius 1 is 1.15 bits per heavy atom. The second kappa shape index (κ2) is 6.26. The maximum absolute atomic E-state index is 13.1. The number of phenols is 1. The first-order valence-electron chi connectivity index (χ1n) is 8.45. The molecule has 1 amide bonds. The lowest BCUT2D eigenvalue weighted by molar-refractivity contribution is -0.137. The molecule has 138 valence electrons. The summed E-state index contributed by atoms with van der Waals surface area (Å²) in [5.41, 5.74) is 0.420. The zero-order chi connectivity index (χ0) is 19.2. The van der Waals surface area contributed by atoms with Crippen LogP contribution in [0.5, 0.6) is 5.75 Å². The molecule has 0 aliphatic carbocycles. The van der Waals surface area contributed by atoms with Crippen molar-refractivity contribution in [2.24, 2.45) is 0 Å². The number of alkyl halides is 3. The first kappa shape index (κ1) is 17.3. The number of aromatic nitrogens is 1. The lowest BCUT2D eigenvalue weighted by Crippen LogP contribution is -2.35. The number of carbonyl (C=O) groups excluding carboxylic acids is 1. The van der Waals surface area contributed by atoms with E-state index >= 15 is 0 Å². The van der Waals surface area contributed by atoms with Crippen LogP contribution in [0, 0.1) is 0 Å². The maximum Gasteiger partial charge on any atom is 0.416 e. The monoisotopic (exact) mass is 372 g/mol. The van der Waals surface area contributed by atoms with E-state index in [-0.39, 0.29) is 29.1 Å². The maximum atomic E-state index is 13.1. The summed E-state index contributed by atoms with van der Waals surface area (Å²) in [6.07, 6.45) is -1.75. The van der Waals surface area contributed by atoms with Crippen molar-refractivity contribution in [3.63, 3.8) is 0 Å². The van der Waals surface area contributed by atoms with Gasteiger partial charge < -0.3 is 10.0 Å². The zero-order valence-electron chi connectivity index (χ0n) is 14.1. The number of rotatable bonds is 1. The molecule has 4 nitrogen and oxygen atoms in total. The molecule has 0 unspecified atom stereocenters. The number of phenolic OH excluding ortho intramolecular Hbond substituents is 1. The minimum atomic E-state index is -4.49. The van der Waals surface area contributed by atoms with Gasteiger partial charge in [-0.25, -0.2) is 0 Å². The van der Waals surface area contributed by atoms with Crippen molar-refractivity contribution in [2.75, 3.05) is 11.4 Å². The van der Waals surface area contributed by atoms with Crippen molar-refractivity contribution in [3.05, 3.63) is 65.4 Å². The summed E-state index contributed by atoms with van der Waals surface area (Å²) < 4.78 is 39.3. The Morgan fingerprint density at radius 2 is 1.96 bits per heavy atom. The molecule has 27 heavy (non-hydrogen) atoms. The SMILES string of the molecule is O=C(c1ccc2cccnc2c1O)N1CCCc2ccc(C(F)(F)F)cc21. The molecule has 0 fully saturated rings. The predicted molar refractivity (Wildman–Crippen MR) is 94.8 cm³/mol. The highest BCUT2D eigenvalue weighted by atomic mass is 19.4. The first-order valence-corrected chi connectivity index (χ1v) is 8.45. The van der Waals surface area contributed by atoms with Crippen molar-refractivity contribution in [1.29, 1.82) is 0 Å². The van der Waals surface area contributed by atoms with Crippen LogP contribution in [-0.4, -0.2) is 22.5 Å². The fourth-order valence-electron chi connectivity index (χ4n) is 3.41. The van der Waals surface area contributed by atoms with Crippen molar-refractivity contribution in [1.82, 2.24) is 4.98 Å². The summed E-state index contributed by atoms with van der Waals surface area (Å²) in [4.78, 5) is 18.4. The van der Waals surface area contributed by atoms with Gasteiger partial charge in [0, 0.05) is 23.8 Å². The van der Waals surface area contributed by atoms with Gasteiger partial charge in [0.2, 0.25) is 0 Å². The van der Waals surface area contributed by atoms with Gasteiger partial charge in [-0.05, 0) is 42.7 Å². The van der Waals surface area contributed by atoms with Crippen LogP contribution in [0.25, 0.3) is 10.9 Å². The number of hydrogen-bond donors (Lipinski definition) is 1. The number of carbonyl (C=O) groups is 1. The average Bonchev–Trinajstić information content (AvgIpc) is 2.66. The van der Waals surface area contributed by atoms with Crippen molar-refractivity contribution in [3.8, 4) is 5.75 Å².